The molecule has 0 aliphatic rings. The maximum atomic E-state index is 12.6. The van der Waals surface area contributed by atoms with Crippen LogP contribution in [0, 0.1) is 13.8 Å². The number of halogens is 1. The standard InChI is InChI=1S/C15H22BrNO2/c1-9(2)17(8-12(5)18)15(19)13-6-11(4)14(16)7-10(13)3/h6-7,9,12,18H,8H2,1-5H3. The van der Waals surface area contributed by atoms with Gasteiger partial charge in [-0.3, -0.25) is 4.79 Å². The molecule has 19 heavy (non-hydrogen) atoms. The molecule has 0 aliphatic heterocycles. The number of carbonyl (C=O) groups excluding carboxylic acids is 1. The monoisotopic (exact) mass is 327 g/mol. The van der Waals surface area contributed by atoms with Crippen molar-refractivity contribution in [2.45, 2.75) is 46.8 Å². The zero-order valence-corrected chi connectivity index (χ0v) is 13.8. The van der Waals surface area contributed by atoms with Crippen LogP contribution in [0.15, 0.2) is 16.6 Å². The zero-order chi connectivity index (χ0) is 14.7. The molecule has 0 heterocycles. The first-order valence-corrected chi connectivity index (χ1v) is 7.29. The second-order valence-electron chi connectivity index (χ2n) is 5.32. The molecule has 1 unspecified atom stereocenters. The highest BCUT2D eigenvalue weighted by Gasteiger charge is 2.22. The lowest BCUT2D eigenvalue weighted by Crippen LogP contribution is -2.41. The SMILES string of the molecule is Cc1cc(C(=O)N(CC(C)O)C(C)C)c(C)cc1Br. The number of aryl methyl sites for hydroxylation is 2. The molecule has 1 atom stereocenters. The Balaban J connectivity index is 3.13. The third-order valence-electron chi connectivity index (χ3n) is 3.08. The summed E-state index contributed by atoms with van der Waals surface area (Å²) in [5.41, 5.74) is 2.68. The third-order valence-corrected chi connectivity index (χ3v) is 3.94. The summed E-state index contributed by atoms with van der Waals surface area (Å²) in [5.74, 6) is -0.0241. The average Bonchev–Trinajstić information content (AvgIpc) is 2.29. The van der Waals surface area contributed by atoms with Gasteiger partial charge in [-0.1, -0.05) is 15.9 Å². The van der Waals surface area contributed by atoms with E-state index in [9.17, 15) is 9.90 Å². The van der Waals surface area contributed by atoms with Crippen LogP contribution in [0.2, 0.25) is 0 Å². The Bertz CT molecular complexity index is 469. The largest absolute Gasteiger partial charge is 0.392 e. The van der Waals surface area contributed by atoms with E-state index in [1.807, 2.05) is 39.8 Å². The Morgan fingerprint density at radius 2 is 1.84 bits per heavy atom. The van der Waals surface area contributed by atoms with Crippen LogP contribution in [0.25, 0.3) is 0 Å². The van der Waals surface area contributed by atoms with Gasteiger partial charge in [-0.2, -0.15) is 0 Å². The van der Waals surface area contributed by atoms with Gasteiger partial charge in [-0.05, 0) is 57.9 Å². The van der Waals surface area contributed by atoms with Crippen molar-refractivity contribution in [3.05, 3.63) is 33.3 Å². The summed E-state index contributed by atoms with van der Waals surface area (Å²) in [4.78, 5) is 14.3. The van der Waals surface area contributed by atoms with Gasteiger partial charge in [0, 0.05) is 22.6 Å². The number of aliphatic hydroxyl groups is 1. The van der Waals surface area contributed by atoms with Crippen molar-refractivity contribution in [3.63, 3.8) is 0 Å². The van der Waals surface area contributed by atoms with E-state index >= 15 is 0 Å². The predicted octanol–water partition coefficient (Wildman–Crippen LogP) is 3.30. The Hall–Kier alpha value is -0.870. The smallest absolute Gasteiger partial charge is 0.254 e. The zero-order valence-electron chi connectivity index (χ0n) is 12.2. The Kier molecular flexibility index (Phi) is 5.56. The van der Waals surface area contributed by atoms with Crippen molar-refractivity contribution >= 4 is 21.8 Å². The van der Waals surface area contributed by atoms with Crippen molar-refractivity contribution < 1.29 is 9.90 Å². The van der Waals surface area contributed by atoms with Gasteiger partial charge in [0.15, 0.2) is 0 Å². The van der Waals surface area contributed by atoms with Gasteiger partial charge < -0.3 is 10.0 Å². The molecule has 1 N–H and O–H groups in total. The molecular weight excluding hydrogens is 306 g/mol. The highest BCUT2D eigenvalue weighted by molar-refractivity contribution is 9.10. The van der Waals surface area contributed by atoms with Crippen LogP contribution in [0.4, 0.5) is 0 Å². The summed E-state index contributed by atoms with van der Waals surface area (Å²) < 4.78 is 1.01. The van der Waals surface area contributed by atoms with Crippen molar-refractivity contribution in [1.82, 2.24) is 4.90 Å². The van der Waals surface area contributed by atoms with E-state index in [2.05, 4.69) is 15.9 Å². The molecule has 0 spiro atoms. The fraction of sp³-hybridized carbons (Fsp3) is 0.533. The molecule has 0 aromatic heterocycles. The van der Waals surface area contributed by atoms with Gasteiger partial charge in [0.2, 0.25) is 0 Å². The lowest BCUT2D eigenvalue weighted by Gasteiger charge is -2.28. The lowest BCUT2D eigenvalue weighted by molar-refractivity contribution is 0.0578. The lowest BCUT2D eigenvalue weighted by atomic mass is 10.0. The quantitative estimate of drug-likeness (QED) is 0.921. The minimum atomic E-state index is -0.525. The first-order valence-electron chi connectivity index (χ1n) is 6.49. The minimum Gasteiger partial charge on any atom is -0.392 e. The summed E-state index contributed by atoms with van der Waals surface area (Å²) in [6, 6.07) is 3.92. The third kappa shape index (κ3) is 4.05. The van der Waals surface area contributed by atoms with E-state index in [1.54, 1.807) is 11.8 Å². The highest BCUT2D eigenvalue weighted by Crippen LogP contribution is 2.22. The van der Waals surface area contributed by atoms with Crippen LogP contribution in [-0.4, -0.2) is 34.6 Å². The van der Waals surface area contributed by atoms with Gasteiger partial charge in [0.1, 0.15) is 0 Å². The number of hydrogen-bond acceptors (Lipinski definition) is 2. The maximum absolute atomic E-state index is 12.6. The fourth-order valence-corrected chi connectivity index (χ4v) is 2.44. The van der Waals surface area contributed by atoms with Crippen LogP contribution in [0.5, 0.6) is 0 Å². The Morgan fingerprint density at radius 1 is 1.26 bits per heavy atom. The molecule has 1 rings (SSSR count). The van der Waals surface area contributed by atoms with Gasteiger partial charge in [-0.15, -0.1) is 0 Å². The number of benzene rings is 1. The van der Waals surface area contributed by atoms with Gasteiger partial charge in [-0.25, -0.2) is 0 Å². The summed E-state index contributed by atoms with van der Waals surface area (Å²) in [5, 5.41) is 9.53. The normalized spacial score (nSPS) is 12.6. The fourth-order valence-electron chi connectivity index (χ4n) is 1.98. The van der Waals surface area contributed by atoms with E-state index in [0.29, 0.717) is 12.1 Å². The van der Waals surface area contributed by atoms with Crippen molar-refractivity contribution in [2.24, 2.45) is 0 Å². The molecule has 0 radical (unpaired) electrons. The van der Waals surface area contributed by atoms with Crippen LogP contribution < -0.4 is 0 Å². The molecule has 1 aromatic carbocycles. The van der Waals surface area contributed by atoms with Crippen LogP contribution in [-0.2, 0) is 0 Å². The molecule has 0 fully saturated rings. The van der Waals surface area contributed by atoms with E-state index < -0.39 is 6.10 Å². The van der Waals surface area contributed by atoms with Crippen LogP contribution in [0.1, 0.15) is 42.3 Å². The number of aliphatic hydroxyl groups excluding tert-OH is 1. The summed E-state index contributed by atoms with van der Waals surface area (Å²) in [6.45, 7) is 9.86. The van der Waals surface area contributed by atoms with Crippen LogP contribution >= 0.6 is 15.9 Å². The number of amides is 1. The van der Waals surface area contributed by atoms with Gasteiger partial charge in [0.05, 0.1) is 6.10 Å². The van der Waals surface area contributed by atoms with Gasteiger partial charge in [0.25, 0.3) is 5.91 Å². The maximum Gasteiger partial charge on any atom is 0.254 e. The van der Waals surface area contributed by atoms with E-state index in [1.165, 1.54) is 0 Å². The Morgan fingerprint density at radius 3 is 2.32 bits per heavy atom. The second kappa shape index (κ2) is 6.53. The van der Waals surface area contributed by atoms with Crippen LogP contribution in [0.3, 0.4) is 0 Å². The summed E-state index contributed by atoms with van der Waals surface area (Å²) in [7, 11) is 0. The van der Waals surface area contributed by atoms with Gasteiger partial charge >= 0.3 is 0 Å². The molecule has 0 aliphatic carbocycles. The second-order valence-corrected chi connectivity index (χ2v) is 6.17. The number of carbonyl (C=O) groups is 1. The number of rotatable bonds is 4. The average molecular weight is 328 g/mol. The molecule has 0 bridgehead atoms. The molecule has 0 saturated heterocycles. The number of hydrogen-bond donors (Lipinski definition) is 1. The van der Waals surface area contributed by atoms with Crippen molar-refractivity contribution in [2.75, 3.05) is 6.54 Å². The topological polar surface area (TPSA) is 40.5 Å². The molecule has 0 saturated carbocycles. The molecule has 1 amide bonds. The first-order chi connectivity index (χ1) is 8.73. The minimum absolute atomic E-state index is 0.0241. The van der Waals surface area contributed by atoms with E-state index in [0.717, 1.165) is 15.6 Å². The van der Waals surface area contributed by atoms with E-state index in [-0.39, 0.29) is 11.9 Å². The van der Waals surface area contributed by atoms with Crippen molar-refractivity contribution in [3.8, 4) is 0 Å². The molecular formula is C15H22BrNO2. The van der Waals surface area contributed by atoms with Crippen molar-refractivity contribution in [1.29, 1.82) is 0 Å². The molecule has 106 valence electrons. The molecule has 3 nitrogen and oxygen atoms in total. The first kappa shape index (κ1) is 16.2. The predicted molar refractivity (Wildman–Crippen MR) is 81.5 cm³/mol. The number of nitrogens with zero attached hydrogens (tertiary/aromatic N) is 1. The summed E-state index contributed by atoms with van der Waals surface area (Å²) >= 11 is 3.47. The summed E-state index contributed by atoms with van der Waals surface area (Å²) in [6.07, 6.45) is -0.525. The molecule has 1 aromatic rings. The highest BCUT2D eigenvalue weighted by atomic mass is 79.9. The van der Waals surface area contributed by atoms with E-state index in [4.69, 9.17) is 0 Å². The Labute approximate surface area is 123 Å². The molecule has 4 heteroatoms.